The predicted octanol–water partition coefficient (Wildman–Crippen LogP) is 4.82. The average molecular weight is 359 g/mol. The molecule has 0 N–H and O–H groups in total. The zero-order valence-electron chi connectivity index (χ0n) is 11.0. The van der Waals surface area contributed by atoms with Crippen molar-refractivity contribution in [3.63, 3.8) is 0 Å². The van der Waals surface area contributed by atoms with Gasteiger partial charge in [-0.3, -0.25) is 0 Å². The quantitative estimate of drug-likeness (QED) is 0.513. The highest BCUT2D eigenvalue weighted by atomic mass is 79.9. The first-order valence-electron chi connectivity index (χ1n) is 6.04. The molecule has 0 radical (unpaired) electrons. The number of rotatable bonds is 7. The Bertz CT molecular complexity index is 440. The molecule has 0 heterocycles. The summed E-state index contributed by atoms with van der Waals surface area (Å²) in [5.41, 5.74) is 0.00204. The molecule has 0 fully saturated rings. The van der Waals surface area contributed by atoms with E-state index in [1.807, 2.05) is 0 Å². The van der Waals surface area contributed by atoms with Gasteiger partial charge in [0.05, 0.1) is 13.2 Å². The largest absolute Gasteiger partial charge is 0.490 e. The van der Waals surface area contributed by atoms with Crippen LogP contribution >= 0.6 is 15.9 Å². The third-order valence-electron chi connectivity index (χ3n) is 2.49. The van der Waals surface area contributed by atoms with Gasteiger partial charge in [-0.15, -0.1) is 0 Å². The van der Waals surface area contributed by atoms with Crippen LogP contribution in [0.4, 0.5) is 17.6 Å². The molecule has 0 amide bonds. The van der Waals surface area contributed by atoms with Gasteiger partial charge >= 0.3 is 12.3 Å². The summed E-state index contributed by atoms with van der Waals surface area (Å²) in [4.78, 5) is -1.80. The number of ether oxygens (including phenoxy) is 2. The molecule has 1 atom stereocenters. The van der Waals surface area contributed by atoms with Crippen molar-refractivity contribution >= 4 is 15.9 Å². The Hall–Kier alpha value is -0.980. The van der Waals surface area contributed by atoms with E-state index in [1.165, 1.54) is 18.2 Å². The third-order valence-corrected chi connectivity index (χ3v) is 3.63. The SMILES string of the molecule is CCOc1ccc(C(Br)C(F)(F)C(F)F)cc1OCC. The number of alkyl halides is 5. The zero-order chi connectivity index (χ0) is 15.3. The van der Waals surface area contributed by atoms with Gasteiger partial charge in [-0.05, 0) is 31.5 Å². The number of hydrogen-bond acceptors (Lipinski definition) is 2. The van der Waals surface area contributed by atoms with Gasteiger partial charge in [0.2, 0.25) is 0 Å². The summed E-state index contributed by atoms with van der Waals surface area (Å²) < 4.78 is 61.9. The standard InChI is InChI=1S/C13H15BrF4O2/c1-3-19-9-6-5-8(7-10(9)20-4-2)11(14)13(17,18)12(15)16/h5-7,11-12H,3-4H2,1-2H3. The lowest BCUT2D eigenvalue weighted by atomic mass is 10.1. The van der Waals surface area contributed by atoms with E-state index >= 15 is 0 Å². The van der Waals surface area contributed by atoms with Crippen LogP contribution in [0.15, 0.2) is 18.2 Å². The highest BCUT2D eigenvalue weighted by Gasteiger charge is 2.48. The van der Waals surface area contributed by atoms with Crippen molar-refractivity contribution in [3.05, 3.63) is 23.8 Å². The molecule has 7 heteroatoms. The fraction of sp³-hybridized carbons (Fsp3) is 0.538. The van der Waals surface area contributed by atoms with E-state index in [1.54, 1.807) is 13.8 Å². The van der Waals surface area contributed by atoms with Crippen molar-refractivity contribution in [2.45, 2.75) is 31.0 Å². The minimum absolute atomic E-state index is 0.00204. The number of benzene rings is 1. The second-order valence-corrected chi connectivity index (χ2v) is 4.83. The Morgan fingerprint density at radius 3 is 2.15 bits per heavy atom. The van der Waals surface area contributed by atoms with Gasteiger partial charge in [-0.2, -0.15) is 8.78 Å². The van der Waals surface area contributed by atoms with E-state index in [0.29, 0.717) is 19.0 Å². The highest BCUT2D eigenvalue weighted by molar-refractivity contribution is 9.09. The Morgan fingerprint density at radius 2 is 1.65 bits per heavy atom. The van der Waals surface area contributed by atoms with Gasteiger partial charge in [0.15, 0.2) is 11.5 Å². The van der Waals surface area contributed by atoms with E-state index < -0.39 is 17.2 Å². The van der Waals surface area contributed by atoms with Gasteiger partial charge in [-0.25, -0.2) is 8.78 Å². The molecule has 0 aliphatic carbocycles. The summed E-state index contributed by atoms with van der Waals surface area (Å²) in [6.07, 6.45) is -3.76. The van der Waals surface area contributed by atoms with E-state index in [9.17, 15) is 17.6 Å². The van der Waals surface area contributed by atoms with Crippen molar-refractivity contribution < 1.29 is 27.0 Å². The Kier molecular flexibility index (Phi) is 6.10. The van der Waals surface area contributed by atoms with E-state index in [-0.39, 0.29) is 11.3 Å². The molecule has 0 aromatic heterocycles. The van der Waals surface area contributed by atoms with Crippen molar-refractivity contribution in [2.24, 2.45) is 0 Å². The monoisotopic (exact) mass is 358 g/mol. The summed E-state index contributed by atoms with van der Waals surface area (Å²) in [6, 6.07) is 4.02. The second-order valence-electron chi connectivity index (χ2n) is 3.91. The van der Waals surface area contributed by atoms with Gasteiger partial charge < -0.3 is 9.47 Å². The van der Waals surface area contributed by atoms with Gasteiger partial charge in [0.1, 0.15) is 4.83 Å². The van der Waals surface area contributed by atoms with Crippen molar-refractivity contribution in [2.75, 3.05) is 13.2 Å². The molecular weight excluding hydrogens is 344 g/mol. The lowest BCUT2D eigenvalue weighted by molar-refractivity contribution is -0.127. The van der Waals surface area contributed by atoms with Crippen molar-refractivity contribution in [1.29, 1.82) is 0 Å². The van der Waals surface area contributed by atoms with Crippen LogP contribution in [-0.2, 0) is 0 Å². The lowest BCUT2D eigenvalue weighted by Gasteiger charge is -2.22. The van der Waals surface area contributed by atoms with Gasteiger partial charge in [-0.1, -0.05) is 22.0 Å². The molecule has 114 valence electrons. The third kappa shape index (κ3) is 3.77. The molecule has 0 aliphatic rings. The van der Waals surface area contributed by atoms with Crippen molar-refractivity contribution in [3.8, 4) is 11.5 Å². The predicted molar refractivity (Wildman–Crippen MR) is 71.4 cm³/mol. The van der Waals surface area contributed by atoms with Crippen LogP contribution in [0.3, 0.4) is 0 Å². The van der Waals surface area contributed by atoms with Crippen LogP contribution in [0.2, 0.25) is 0 Å². The summed E-state index contributed by atoms with van der Waals surface area (Å²) >= 11 is 2.63. The molecule has 0 saturated heterocycles. The van der Waals surface area contributed by atoms with Crippen LogP contribution in [0.25, 0.3) is 0 Å². The maximum Gasteiger partial charge on any atom is 0.323 e. The minimum atomic E-state index is -4.17. The first-order chi connectivity index (χ1) is 9.34. The Balaban J connectivity index is 3.10. The summed E-state index contributed by atoms with van der Waals surface area (Å²) in [6.45, 7) is 4.18. The van der Waals surface area contributed by atoms with Crippen LogP contribution in [0.5, 0.6) is 11.5 Å². The summed E-state index contributed by atoms with van der Waals surface area (Å²) in [5.74, 6) is -3.53. The van der Waals surface area contributed by atoms with E-state index in [2.05, 4.69) is 15.9 Å². The van der Waals surface area contributed by atoms with Gasteiger partial charge in [0.25, 0.3) is 0 Å². The molecule has 1 aromatic rings. The molecule has 2 nitrogen and oxygen atoms in total. The number of halogens is 5. The highest BCUT2D eigenvalue weighted by Crippen LogP contribution is 2.44. The van der Waals surface area contributed by atoms with Crippen LogP contribution in [0, 0.1) is 0 Å². The summed E-state index contributed by atoms with van der Waals surface area (Å²) in [5, 5.41) is 0. The molecule has 1 unspecified atom stereocenters. The molecule has 0 aliphatic heterocycles. The molecule has 20 heavy (non-hydrogen) atoms. The molecule has 0 spiro atoms. The maximum absolute atomic E-state index is 13.3. The van der Waals surface area contributed by atoms with E-state index in [4.69, 9.17) is 9.47 Å². The first kappa shape index (κ1) is 17.1. The second kappa shape index (κ2) is 7.15. The molecule has 0 bridgehead atoms. The fourth-order valence-corrected chi connectivity index (χ4v) is 2.04. The van der Waals surface area contributed by atoms with Crippen LogP contribution < -0.4 is 9.47 Å². The topological polar surface area (TPSA) is 18.5 Å². The lowest BCUT2D eigenvalue weighted by Crippen LogP contribution is -2.31. The normalized spacial score (nSPS) is 13.4. The Morgan fingerprint density at radius 1 is 1.10 bits per heavy atom. The maximum atomic E-state index is 13.3. The Labute approximate surface area is 123 Å². The van der Waals surface area contributed by atoms with Crippen molar-refractivity contribution in [1.82, 2.24) is 0 Å². The fourth-order valence-electron chi connectivity index (χ4n) is 1.56. The number of hydrogen-bond donors (Lipinski definition) is 0. The van der Waals surface area contributed by atoms with Crippen LogP contribution in [0.1, 0.15) is 24.2 Å². The van der Waals surface area contributed by atoms with E-state index in [0.717, 1.165) is 0 Å². The molecule has 0 saturated carbocycles. The first-order valence-corrected chi connectivity index (χ1v) is 6.95. The molecular formula is C13H15BrF4O2. The zero-order valence-corrected chi connectivity index (χ0v) is 12.6. The smallest absolute Gasteiger partial charge is 0.323 e. The van der Waals surface area contributed by atoms with Crippen LogP contribution in [-0.4, -0.2) is 25.6 Å². The molecule has 1 aromatic carbocycles. The minimum Gasteiger partial charge on any atom is -0.490 e. The van der Waals surface area contributed by atoms with Gasteiger partial charge in [0, 0.05) is 0 Å². The average Bonchev–Trinajstić information content (AvgIpc) is 2.40. The molecule has 1 rings (SSSR count). The summed E-state index contributed by atoms with van der Waals surface area (Å²) in [7, 11) is 0.